The normalized spacial score (nSPS) is 18.1. The average molecular weight is 1820 g/mol. The third-order valence-corrected chi connectivity index (χ3v) is 39.1. The minimum atomic E-state index is -2.17. The molecule has 0 spiro atoms. The Morgan fingerprint density at radius 3 is 0.874 bits per heavy atom. The van der Waals surface area contributed by atoms with Gasteiger partial charge in [0.2, 0.25) is 0 Å². The van der Waals surface area contributed by atoms with Crippen molar-refractivity contribution in [2.24, 2.45) is 11.8 Å². The van der Waals surface area contributed by atoms with Gasteiger partial charge in [-0.25, -0.2) is 0 Å². The number of hydrogen-bond acceptors (Lipinski definition) is 6. The molecule has 658 valence electrons. The van der Waals surface area contributed by atoms with Gasteiger partial charge in [0, 0.05) is 21.4 Å². The second-order valence-electron chi connectivity index (χ2n) is 39.2. The van der Waals surface area contributed by atoms with Crippen LogP contribution in [0.5, 0.6) is 0 Å². The van der Waals surface area contributed by atoms with Gasteiger partial charge >= 0.3 is 103 Å². The number of methoxy groups -OCH3 is 1. The largest absolute Gasteiger partial charge is 3.00 e. The summed E-state index contributed by atoms with van der Waals surface area (Å²) in [6.45, 7) is 66.3. The van der Waals surface area contributed by atoms with Crippen molar-refractivity contribution in [2.45, 2.75) is 284 Å². The van der Waals surface area contributed by atoms with E-state index in [9.17, 15) is 0 Å². The van der Waals surface area contributed by atoms with E-state index < -0.39 is 32.9 Å². The maximum Gasteiger partial charge on any atom is 3.00 e. The summed E-state index contributed by atoms with van der Waals surface area (Å²) in [5, 5.41) is 2.98. The van der Waals surface area contributed by atoms with Crippen LogP contribution >= 0.6 is 0 Å². The molecule has 0 N–H and O–H groups in total. The molecule has 119 heavy (non-hydrogen) atoms. The van der Waals surface area contributed by atoms with E-state index in [2.05, 4.69) is 289 Å². The average Bonchev–Trinajstić information content (AvgIpc) is 1.72. The van der Waals surface area contributed by atoms with E-state index in [1.165, 1.54) is 121 Å². The van der Waals surface area contributed by atoms with E-state index in [0.717, 1.165) is 62.3 Å². The number of benzene rings is 6. The van der Waals surface area contributed by atoms with E-state index in [-0.39, 0.29) is 155 Å². The smallest absolute Gasteiger partial charge is 0.660 e. The zero-order valence-electron chi connectivity index (χ0n) is 83.5. The molecule has 6 aromatic rings. The van der Waals surface area contributed by atoms with Crippen molar-refractivity contribution in [1.82, 2.24) is 4.90 Å². The first-order valence-corrected chi connectivity index (χ1v) is 52.9. The van der Waals surface area contributed by atoms with Gasteiger partial charge in [-0.3, -0.25) is 0 Å². The van der Waals surface area contributed by atoms with Crippen LogP contribution in [0.2, 0.25) is 61.4 Å². The second-order valence-corrected chi connectivity index (χ2v) is 55.9. The zero-order valence-corrected chi connectivity index (χ0v) is 94.7. The molecule has 10 nitrogen and oxygen atoms in total. The molecule has 4 aliphatic carbocycles. The predicted octanol–water partition coefficient (Wildman–Crippen LogP) is 27.6. The first kappa shape index (κ1) is 128. The molecule has 0 aromatic heterocycles. The van der Waals surface area contributed by atoms with Gasteiger partial charge in [0.05, 0.1) is 6.10 Å². The van der Waals surface area contributed by atoms with Crippen molar-refractivity contribution in [1.29, 1.82) is 0 Å². The SMILES string of the molecule is CC1CCC([Si](C)(C)[N-]C(C)(C)C)C1C.CN(C)C1CCC([Si](C)(C)[N-]C(C)(C)C)C1.COC1CCC([Si](C)(C)[N-]C(C)(C)C)C1.Cc1ccc([Si]([N-]C(C)(C)C)(c2ccc(C)cc2)C2CCCC2)cc1.[CH2-]c1ccccc1N(C)C.[CH2-]c1ccccc1N(C)C.[CH2-]c1ccccc1N(C)C.[CH2-]c1ccccc1N(C)C.[CH3-].[CH3-].[CH3-].[CH3-].[Sc+3].[Sc+3].[Sc+3].[Sc+3]. The van der Waals surface area contributed by atoms with Crippen LogP contribution in [0.25, 0.3) is 19.9 Å². The topological polar surface area (TPSA) is 81.8 Å². The Hall–Kier alpha value is -1.89. The van der Waals surface area contributed by atoms with Crippen LogP contribution in [0.4, 0.5) is 22.7 Å². The van der Waals surface area contributed by atoms with Gasteiger partial charge in [0.15, 0.2) is 0 Å². The summed E-state index contributed by atoms with van der Waals surface area (Å²) in [7, 11) is 16.0. The number of hydrogen-bond donors (Lipinski definition) is 0. The molecule has 4 fully saturated rings. The number of para-hydroxylation sites is 4. The molecule has 7 unspecified atom stereocenters. The van der Waals surface area contributed by atoms with Crippen LogP contribution in [-0.4, -0.2) is 150 Å². The molecule has 0 aliphatic heterocycles. The molecule has 0 saturated heterocycles. The second kappa shape index (κ2) is 58.5. The Labute approximate surface area is 819 Å². The van der Waals surface area contributed by atoms with Crippen LogP contribution in [0.1, 0.15) is 207 Å². The number of nitrogens with zero attached hydrogens (tertiary/aromatic N) is 9. The number of anilines is 4. The maximum atomic E-state index is 5.66. The third-order valence-electron chi connectivity index (χ3n) is 22.4. The van der Waals surface area contributed by atoms with Crippen LogP contribution in [0, 0.1) is 83.1 Å². The Kier molecular flexibility index (Phi) is 62.9. The molecule has 0 heterocycles. The van der Waals surface area contributed by atoms with Gasteiger partial charge in [-0.1, -0.05) is 376 Å². The zero-order chi connectivity index (χ0) is 84.4. The van der Waals surface area contributed by atoms with Crippen molar-refractivity contribution >= 4 is 66.1 Å². The molecule has 0 radical (unpaired) electrons. The molecular weight excluding hydrogens is 1650 g/mol. The van der Waals surface area contributed by atoms with Gasteiger partial charge in [0.25, 0.3) is 0 Å². The quantitative estimate of drug-likeness (QED) is 0.0709. The maximum absolute atomic E-state index is 5.66. The molecule has 7 atom stereocenters. The van der Waals surface area contributed by atoms with E-state index >= 15 is 0 Å². The molecule has 18 heteroatoms. The van der Waals surface area contributed by atoms with Crippen LogP contribution in [0.15, 0.2) is 146 Å². The number of aryl methyl sites for hydroxylation is 2. The fourth-order valence-corrected chi connectivity index (χ4v) is 34.2. The van der Waals surface area contributed by atoms with Crippen molar-refractivity contribution in [3.05, 3.63) is 256 Å². The Bertz CT molecular complexity index is 3350. The molecule has 4 saturated carbocycles. The van der Waals surface area contributed by atoms with E-state index in [1.54, 1.807) is 0 Å². The molecule has 6 aromatic carbocycles. The monoisotopic (exact) mass is 1820 g/mol. The summed E-state index contributed by atoms with van der Waals surface area (Å²) < 4.78 is 5.45. The summed E-state index contributed by atoms with van der Waals surface area (Å²) in [5.74, 6) is 1.80. The summed E-state index contributed by atoms with van der Waals surface area (Å²) in [6, 6.07) is 51.7. The van der Waals surface area contributed by atoms with Gasteiger partial charge in [-0.15, -0.1) is 46.4 Å². The van der Waals surface area contributed by atoms with Crippen LogP contribution in [0.3, 0.4) is 0 Å². The molecule has 0 bridgehead atoms. The summed E-state index contributed by atoms with van der Waals surface area (Å²) in [5.41, 5.74) is 15.4. The van der Waals surface area contributed by atoms with Crippen molar-refractivity contribution in [2.75, 3.05) is 97.2 Å². The first-order chi connectivity index (χ1) is 51.2. The van der Waals surface area contributed by atoms with Gasteiger partial charge in [-0.2, -0.15) is 74.2 Å². The fraction of sp³-hybridized carbons (Fsp3) is 0.564. The predicted molar refractivity (Wildman–Crippen MR) is 536 cm³/mol. The number of rotatable bonds is 16. The van der Waals surface area contributed by atoms with E-state index in [1.807, 2.05) is 136 Å². The summed E-state index contributed by atoms with van der Waals surface area (Å²) in [6.07, 6.45) is 16.6. The molecule has 4 aliphatic rings. The fourth-order valence-electron chi connectivity index (χ4n) is 17.2. The molecular formula is C101H175N9OSc4Si4. The first-order valence-electron chi connectivity index (χ1n) is 41.8. The molecule has 10 rings (SSSR count). The molecule has 0 amide bonds. The van der Waals surface area contributed by atoms with Gasteiger partial charge in [-0.05, 0) is 122 Å². The van der Waals surface area contributed by atoms with Crippen molar-refractivity contribution < 1.29 is 108 Å². The minimum absolute atomic E-state index is 0. The van der Waals surface area contributed by atoms with Crippen LogP contribution < -0.4 is 30.0 Å². The van der Waals surface area contributed by atoms with Crippen LogP contribution in [-0.2, 0) is 108 Å². The summed E-state index contributed by atoms with van der Waals surface area (Å²) >= 11 is 0. The Morgan fingerprint density at radius 2 is 0.639 bits per heavy atom. The van der Waals surface area contributed by atoms with Crippen molar-refractivity contribution in [3.63, 3.8) is 0 Å². The number of ether oxygens (including phenoxy) is 1. The van der Waals surface area contributed by atoms with Gasteiger partial charge in [0.1, 0.15) is 0 Å². The standard InChI is InChI=1S/C23H32NSi.C13H29N2Si.C13H28NSi.C12H26NOSi.4C9H12N.4CH3.4Sc/c1-18-10-14-21(15-11-18)25(24-23(3,4)5,20-8-6-7-9-20)22-16-12-19(2)13-17-22;1-13(2,3)14-16(6,7)12-9-8-11(10-12)15(4)5;1-10-8-9-12(11(10)2)15(6,7)14-13(3,4)5;1-12(2,3)13-15(5,6)11-8-7-10(9-11)14-4;4*1-8-6-4-5-7-9(8)10(2)3;;;;;;;;/h10-17,20H,6-9H2,1-5H3;11-12H,8-10H2,1-7H3;10-12H,8-9H2,1-7H3;10-11H,7-9H2,1-6H3;4*4-7H,1H2,2-3H3;4*1H3;;;;/q12*-1;4*+3. The third kappa shape index (κ3) is 45.6. The Balaban J connectivity index is -0.000000310. The van der Waals surface area contributed by atoms with Gasteiger partial charge < -0.3 is 78.9 Å². The summed E-state index contributed by atoms with van der Waals surface area (Å²) in [4.78, 5) is 31.6. The van der Waals surface area contributed by atoms with E-state index in [4.69, 9.17) is 24.7 Å². The Morgan fingerprint density at radius 1 is 0.353 bits per heavy atom. The van der Waals surface area contributed by atoms with Crippen molar-refractivity contribution in [3.8, 4) is 0 Å². The van der Waals surface area contributed by atoms with E-state index in [0.29, 0.717) is 6.10 Å². The minimum Gasteiger partial charge on any atom is -0.660 e.